The summed E-state index contributed by atoms with van der Waals surface area (Å²) in [4.78, 5) is 58.7. The number of hydrogen-bond acceptors (Lipinski definition) is 11. The molecule has 16 heteroatoms. The fourth-order valence-corrected chi connectivity index (χ4v) is 6.02. The minimum atomic E-state index is -1.49. The Morgan fingerprint density at radius 3 is 2.87 bits per heavy atom. The highest BCUT2D eigenvalue weighted by molar-refractivity contribution is 8.00. The molecule has 2 aliphatic heterocycles. The Hall–Kier alpha value is -4.44. The van der Waals surface area contributed by atoms with Gasteiger partial charge in [-0.3, -0.25) is 14.5 Å². The number of carbonyl (C=O) groups excluding carboxylic acids is 3. The molecular weight excluding hydrogens is 538 g/mol. The first kappa shape index (κ1) is 25.2. The summed E-state index contributed by atoms with van der Waals surface area (Å²) in [5.41, 5.74) is 6.39. The van der Waals surface area contributed by atoms with Gasteiger partial charge in [0.15, 0.2) is 10.8 Å². The third-order valence-electron chi connectivity index (χ3n) is 5.78. The zero-order valence-electron chi connectivity index (χ0n) is 19.3. The van der Waals surface area contributed by atoms with Crippen LogP contribution in [-0.4, -0.2) is 72.6 Å². The SMILES string of the molecule is Nc1nc(/C(=N/OCC(=O)O)C(=O)N[C@@H]2C(=O)N3C(C(=O)[O-])=C(C[n+]4ccn5ccccc54)CS[C@H]23)cs1. The largest absolute Gasteiger partial charge is 0.543 e. The van der Waals surface area contributed by atoms with Crippen LogP contribution in [0.4, 0.5) is 5.13 Å². The van der Waals surface area contributed by atoms with Gasteiger partial charge >= 0.3 is 5.97 Å². The number of oxime groups is 1. The first-order valence-electron chi connectivity index (χ1n) is 11.0. The predicted octanol–water partition coefficient (Wildman–Crippen LogP) is -1.83. The van der Waals surface area contributed by atoms with Gasteiger partial charge in [-0.1, -0.05) is 11.2 Å². The van der Waals surface area contributed by atoms with Crippen LogP contribution >= 0.6 is 23.1 Å². The fraction of sp³-hybridized carbons (Fsp3) is 0.227. The number of carboxylic acids is 2. The number of imidazole rings is 1. The molecule has 5 heterocycles. The van der Waals surface area contributed by atoms with Crippen LogP contribution in [0, 0.1) is 0 Å². The summed E-state index contributed by atoms with van der Waals surface area (Å²) in [5.74, 6) is -4.01. The number of anilines is 1. The van der Waals surface area contributed by atoms with Gasteiger partial charge < -0.3 is 30.9 Å². The Kier molecular flexibility index (Phi) is 6.73. The third kappa shape index (κ3) is 4.66. The number of pyridine rings is 1. The van der Waals surface area contributed by atoms with Crippen molar-refractivity contribution in [2.24, 2.45) is 5.16 Å². The number of nitrogens with one attached hydrogen (secondary N) is 1. The Balaban J connectivity index is 1.36. The molecule has 0 saturated carbocycles. The highest BCUT2D eigenvalue weighted by Gasteiger charge is 2.53. The average Bonchev–Trinajstić information content (AvgIpc) is 3.50. The lowest BCUT2D eigenvalue weighted by molar-refractivity contribution is -0.662. The van der Waals surface area contributed by atoms with Gasteiger partial charge in [0, 0.05) is 22.8 Å². The summed E-state index contributed by atoms with van der Waals surface area (Å²) in [5, 5.41) is 27.9. The van der Waals surface area contributed by atoms with Crippen molar-refractivity contribution in [3.05, 3.63) is 59.1 Å². The zero-order chi connectivity index (χ0) is 27.0. The molecule has 4 N–H and O–H groups in total. The van der Waals surface area contributed by atoms with E-state index in [9.17, 15) is 24.3 Å². The van der Waals surface area contributed by atoms with Crippen molar-refractivity contribution >= 4 is 63.3 Å². The number of thioether (sulfide) groups is 1. The standard InChI is InChI=1S/C22H19N7O7S2/c23-22-24-12(10-38-22)15(26-36-8-14(30)31)18(32)25-16-19(33)29-17(21(34)35)11(9-37-20(16)29)7-28-6-5-27-4-2-1-3-13(27)28/h1-6,10,16,20H,7-9H2,(H4-,23,24,25,30,31,32,34,35)/b26-15-/t16-,20-/m1/s1. The lowest BCUT2D eigenvalue weighted by Crippen LogP contribution is -2.71. The number of amides is 2. The molecule has 1 fully saturated rings. The molecule has 0 spiro atoms. The number of thiazole rings is 1. The van der Waals surface area contributed by atoms with Crippen molar-refractivity contribution in [3.63, 3.8) is 0 Å². The second kappa shape index (κ2) is 10.1. The van der Waals surface area contributed by atoms with Gasteiger partial charge in [-0.05, 0) is 6.07 Å². The van der Waals surface area contributed by atoms with Crippen LogP contribution in [0.5, 0.6) is 0 Å². The van der Waals surface area contributed by atoms with Crippen molar-refractivity contribution in [2.75, 3.05) is 18.1 Å². The lowest BCUT2D eigenvalue weighted by atomic mass is 10.0. The molecule has 2 amide bonds. The number of fused-ring (bicyclic) bond motifs is 2. The quantitative estimate of drug-likeness (QED) is 0.117. The van der Waals surface area contributed by atoms with E-state index >= 15 is 0 Å². The van der Waals surface area contributed by atoms with Crippen LogP contribution in [0.1, 0.15) is 5.69 Å². The Morgan fingerprint density at radius 1 is 1.34 bits per heavy atom. The Morgan fingerprint density at radius 2 is 2.16 bits per heavy atom. The number of carboxylic acid groups (broad SMARTS) is 2. The molecule has 3 aromatic rings. The second-order valence-corrected chi connectivity index (χ2v) is 10.2. The second-order valence-electron chi connectivity index (χ2n) is 8.17. The maximum Gasteiger partial charge on any atom is 0.344 e. The maximum atomic E-state index is 13.1. The number of aliphatic carboxylic acids is 2. The van der Waals surface area contributed by atoms with E-state index in [0.29, 0.717) is 5.57 Å². The van der Waals surface area contributed by atoms with Gasteiger partial charge in [-0.15, -0.1) is 23.1 Å². The van der Waals surface area contributed by atoms with Gasteiger partial charge in [0.05, 0.1) is 17.9 Å². The smallest absolute Gasteiger partial charge is 0.344 e. The summed E-state index contributed by atoms with van der Waals surface area (Å²) < 4.78 is 3.75. The maximum absolute atomic E-state index is 13.1. The fourth-order valence-electron chi connectivity index (χ4n) is 4.14. The molecule has 0 aliphatic carbocycles. The van der Waals surface area contributed by atoms with E-state index in [4.69, 9.17) is 15.7 Å². The van der Waals surface area contributed by atoms with Crippen LogP contribution in [0.2, 0.25) is 0 Å². The van der Waals surface area contributed by atoms with E-state index in [-0.39, 0.29) is 34.5 Å². The summed E-state index contributed by atoms with van der Waals surface area (Å²) >= 11 is 2.32. The number of rotatable bonds is 9. The van der Waals surface area contributed by atoms with E-state index in [1.165, 1.54) is 17.1 Å². The molecule has 0 radical (unpaired) electrons. The number of carbonyl (C=O) groups is 4. The first-order chi connectivity index (χ1) is 18.2. The van der Waals surface area contributed by atoms with Gasteiger partial charge in [0.25, 0.3) is 17.5 Å². The normalized spacial score (nSPS) is 19.2. The number of nitrogens with two attached hydrogens (primary N) is 1. The highest BCUT2D eigenvalue weighted by Crippen LogP contribution is 2.40. The number of aromatic nitrogens is 3. The molecular formula is C22H19N7O7S2. The van der Waals surface area contributed by atoms with Crippen LogP contribution in [0.3, 0.4) is 0 Å². The molecule has 3 aromatic heterocycles. The monoisotopic (exact) mass is 557 g/mol. The van der Waals surface area contributed by atoms with E-state index in [0.717, 1.165) is 21.9 Å². The van der Waals surface area contributed by atoms with Gasteiger partial charge in [-0.25, -0.2) is 18.7 Å². The lowest BCUT2D eigenvalue weighted by Gasteiger charge is -2.50. The number of nitrogens with zero attached hydrogens (tertiary/aromatic N) is 5. The summed E-state index contributed by atoms with van der Waals surface area (Å²) in [6.45, 7) is -0.573. The molecule has 196 valence electrons. The molecule has 2 atom stereocenters. The molecule has 0 aromatic carbocycles. The minimum absolute atomic E-state index is 0.0322. The van der Waals surface area contributed by atoms with E-state index in [1.807, 2.05) is 45.8 Å². The van der Waals surface area contributed by atoms with E-state index in [2.05, 4.69) is 15.5 Å². The van der Waals surface area contributed by atoms with Crippen LogP contribution in [0.25, 0.3) is 5.65 Å². The van der Waals surface area contributed by atoms with Gasteiger partial charge in [0.2, 0.25) is 6.61 Å². The molecule has 0 unspecified atom stereocenters. The molecule has 14 nitrogen and oxygen atoms in total. The molecule has 5 rings (SSSR count). The minimum Gasteiger partial charge on any atom is -0.543 e. The van der Waals surface area contributed by atoms with E-state index in [1.54, 1.807) is 0 Å². The van der Waals surface area contributed by atoms with E-state index < -0.39 is 41.8 Å². The van der Waals surface area contributed by atoms with Crippen molar-refractivity contribution in [1.29, 1.82) is 0 Å². The van der Waals surface area contributed by atoms with Crippen molar-refractivity contribution in [3.8, 4) is 0 Å². The topological polar surface area (TPSA) is 196 Å². The predicted molar refractivity (Wildman–Crippen MR) is 131 cm³/mol. The Labute approximate surface area is 222 Å². The summed E-state index contributed by atoms with van der Waals surface area (Å²) in [7, 11) is 0. The van der Waals surface area contributed by atoms with Crippen LogP contribution < -0.4 is 20.7 Å². The van der Waals surface area contributed by atoms with Gasteiger partial charge in [0.1, 0.15) is 36.0 Å². The molecule has 1 saturated heterocycles. The molecule has 2 aliphatic rings. The van der Waals surface area contributed by atoms with Crippen LogP contribution in [-0.2, 0) is 30.6 Å². The van der Waals surface area contributed by atoms with Gasteiger partial charge in [-0.2, -0.15) is 0 Å². The molecule has 38 heavy (non-hydrogen) atoms. The number of nitrogen functional groups attached to an aromatic ring is 1. The van der Waals surface area contributed by atoms with Crippen molar-refractivity contribution in [2.45, 2.75) is 18.0 Å². The van der Waals surface area contributed by atoms with Crippen molar-refractivity contribution in [1.82, 2.24) is 19.6 Å². The highest BCUT2D eigenvalue weighted by atomic mass is 32.2. The van der Waals surface area contributed by atoms with Crippen LogP contribution in [0.15, 0.2) is 58.6 Å². The summed E-state index contributed by atoms with van der Waals surface area (Å²) in [6, 6.07) is 4.55. The number of β-lactam (4-membered cyclic amide) rings is 1. The first-order valence-corrected chi connectivity index (χ1v) is 12.9. The summed E-state index contributed by atoms with van der Waals surface area (Å²) in [6.07, 6.45) is 5.51. The van der Waals surface area contributed by atoms with Crippen molar-refractivity contribution < 1.29 is 38.8 Å². The third-order valence-corrected chi connectivity index (χ3v) is 7.79. The average molecular weight is 558 g/mol. The number of hydrogen-bond donors (Lipinski definition) is 3. The zero-order valence-corrected chi connectivity index (χ0v) is 21.0. The Bertz CT molecular complexity index is 1530. The molecule has 0 bridgehead atoms.